The van der Waals surface area contributed by atoms with Crippen molar-refractivity contribution in [1.29, 1.82) is 0 Å². The fourth-order valence-corrected chi connectivity index (χ4v) is 1.61. The van der Waals surface area contributed by atoms with Crippen LogP contribution in [0.5, 0.6) is 0 Å². The highest BCUT2D eigenvalue weighted by molar-refractivity contribution is 5.85. The van der Waals surface area contributed by atoms with Gasteiger partial charge in [-0.25, -0.2) is 9.48 Å². The van der Waals surface area contributed by atoms with Crippen molar-refractivity contribution >= 4 is 5.97 Å². The lowest BCUT2D eigenvalue weighted by Crippen LogP contribution is -2.08. The Labute approximate surface area is 106 Å². The number of hydrogen-bond donors (Lipinski definition) is 1. The summed E-state index contributed by atoms with van der Waals surface area (Å²) in [4.78, 5) is 10.8. The number of benzene rings is 1. The molecule has 8 nitrogen and oxygen atoms in total. The minimum absolute atomic E-state index is 0.0670. The average molecular weight is 256 g/mol. The first-order chi connectivity index (χ1) is 9.25. The normalized spacial score (nSPS) is 10.5. The van der Waals surface area contributed by atoms with E-state index >= 15 is 0 Å². The van der Waals surface area contributed by atoms with Gasteiger partial charge in [0.25, 0.3) is 5.95 Å². The lowest BCUT2D eigenvalue weighted by atomic mass is 10.3. The highest BCUT2D eigenvalue weighted by atomic mass is 16.4. The zero-order valence-corrected chi connectivity index (χ0v) is 9.58. The molecule has 8 heteroatoms. The van der Waals surface area contributed by atoms with Gasteiger partial charge >= 0.3 is 5.97 Å². The molecule has 94 valence electrons. The number of aromatic nitrogens is 6. The van der Waals surface area contributed by atoms with Crippen molar-refractivity contribution in [3.05, 3.63) is 48.3 Å². The van der Waals surface area contributed by atoms with Crippen LogP contribution in [0.3, 0.4) is 0 Å². The van der Waals surface area contributed by atoms with Crippen molar-refractivity contribution in [2.45, 2.75) is 0 Å². The van der Waals surface area contributed by atoms with Crippen LogP contribution in [0.15, 0.2) is 42.6 Å². The van der Waals surface area contributed by atoms with Gasteiger partial charge in [0.15, 0.2) is 5.69 Å². The van der Waals surface area contributed by atoms with Crippen molar-refractivity contribution in [2.24, 2.45) is 0 Å². The van der Waals surface area contributed by atoms with Crippen molar-refractivity contribution in [3.8, 4) is 11.6 Å². The SMILES string of the molecule is O=C(O)c1ccn(-c2nnnn2-c2ccccc2)n1. The average Bonchev–Trinajstić information content (AvgIpc) is 3.08. The minimum atomic E-state index is -1.10. The number of carbonyl (C=O) groups is 1. The second-order valence-electron chi connectivity index (χ2n) is 3.68. The Kier molecular flexibility index (Phi) is 2.53. The second kappa shape index (κ2) is 4.33. The Balaban J connectivity index is 2.07. The van der Waals surface area contributed by atoms with E-state index in [1.165, 1.54) is 21.6 Å². The number of para-hydroxylation sites is 1. The van der Waals surface area contributed by atoms with Crippen LogP contribution in [0.2, 0.25) is 0 Å². The molecule has 0 aliphatic rings. The monoisotopic (exact) mass is 256 g/mol. The number of hydrogen-bond acceptors (Lipinski definition) is 5. The van der Waals surface area contributed by atoms with E-state index in [9.17, 15) is 4.79 Å². The van der Waals surface area contributed by atoms with E-state index in [4.69, 9.17) is 5.11 Å². The van der Waals surface area contributed by atoms with Gasteiger partial charge in [-0.15, -0.1) is 0 Å². The Morgan fingerprint density at radius 1 is 1.16 bits per heavy atom. The molecule has 1 N–H and O–H groups in total. The molecule has 0 aliphatic carbocycles. The third kappa shape index (κ3) is 1.95. The van der Waals surface area contributed by atoms with Gasteiger partial charge < -0.3 is 5.11 Å². The smallest absolute Gasteiger partial charge is 0.356 e. The lowest BCUT2D eigenvalue weighted by Gasteiger charge is -2.03. The van der Waals surface area contributed by atoms with Crippen LogP contribution >= 0.6 is 0 Å². The summed E-state index contributed by atoms with van der Waals surface area (Å²) in [5.41, 5.74) is 0.692. The zero-order valence-electron chi connectivity index (χ0n) is 9.58. The number of rotatable bonds is 3. The van der Waals surface area contributed by atoms with Crippen molar-refractivity contribution in [3.63, 3.8) is 0 Å². The van der Waals surface area contributed by atoms with Gasteiger partial charge in [0.1, 0.15) is 0 Å². The zero-order chi connectivity index (χ0) is 13.2. The van der Waals surface area contributed by atoms with E-state index in [1.807, 2.05) is 30.3 Å². The van der Waals surface area contributed by atoms with Crippen molar-refractivity contribution < 1.29 is 9.90 Å². The molecule has 1 aromatic carbocycles. The van der Waals surface area contributed by atoms with Crippen LogP contribution < -0.4 is 0 Å². The molecule has 0 unspecified atom stereocenters. The fourth-order valence-electron chi connectivity index (χ4n) is 1.61. The molecule has 3 aromatic rings. The van der Waals surface area contributed by atoms with Crippen molar-refractivity contribution in [1.82, 2.24) is 30.0 Å². The van der Waals surface area contributed by atoms with Crippen LogP contribution in [0.25, 0.3) is 11.6 Å². The molecule has 0 amide bonds. The summed E-state index contributed by atoms with van der Waals surface area (Å²) in [5.74, 6) is -0.781. The van der Waals surface area contributed by atoms with Gasteiger partial charge in [-0.2, -0.15) is 9.78 Å². The Morgan fingerprint density at radius 2 is 1.95 bits per heavy atom. The maximum absolute atomic E-state index is 10.8. The molecular formula is C11H8N6O2. The van der Waals surface area contributed by atoms with Gasteiger partial charge in [-0.3, -0.25) is 0 Å². The Hall–Kier alpha value is -3.03. The van der Waals surface area contributed by atoms with Crippen LogP contribution in [0, 0.1) is 0 Å². The molecule has 0 saturated carbocycles. The quantitative estimate of drug-likeness (QED) is 0.734. The minimum Gasteiger partial charge on any atom is -0.476 e. The predicted molar refractivity (Wildman–Crippen MR) is 63.2 cm³/mol. The highest BCUT2D eigenvalue weighted by Gasteiger charge is 2.13. The van der Waals surface area contributed by atoms with E-state index in [0.717, 1.165) is 5.69 Å². The van der Waals surface area contributed by atoms with Gasteiger partial charge in [0.05, 0.1) is 5.69 Å². The van der Waals surface area contributed by atoms with Crippen LogP contribution in [-0.4, -0.2) is 41.1 Å². The number of nitrogens with zero attached hydrogens (tertiary/aromatic N) is 6. The van der Waals surface area contributed by atoms with Gasteiger partial charge in [-0.1, -0.05) is 23.3 Å². The maximum Gasteiger partial charge on any atom is 0.356 e. The number of carboxylic acid groups (broad SMARTS) is 1. The van der Waals surface area contributed by atoms with Crippen molar-refractivity contribution in [2.75, 3.05) is 0 Å². The molecule has 0 atom stereocenters. The molecule has 19 heavy (non-hydrogen) atoms. The number of tetrazole rings is 1. The molecule has 2 aromatic heterocycles. The summed E-state index contributed by atoms with van der Waals surface area (Å²) in [6, 6.07) is 10.6. The summed E-state index contributed by atoms with van der Waals surface area (Å²) in [5, 5.41) is 24.0. The fraction of sp³-hybridized carbons (Fsp3) is 0. The first-order valence-corrected chi connectivity index (χ1v) is 5.39. The molecule has 0 aliphatic heterocycles. The summed E-state index contributed by atoms with van der Waals surface area (Å²) in [6.07, 6.45) is 1.49. The standard InChI is InChI=1S/C11H8N6O2/c18-10(19)9-6-7-16(13-9)11-12-14-15-17(11)8-4-2-1-3-5-8/h1-7H,(H,18,19). The van der Waals surface area contributed by atoms with E-state index in [0.29, 0.717) is 5.95 Å². The molecular weight excluding hydrogens is 248 g/mol. The van der Waals surface area contributed by atoms with E-state index in [2.05, 4.69) is 20.6 Å². The molecule has 2 heterocycles. The van der Waals surface area contributed by atoms with E-state index in [-0.39, 0.29) is 5.69 Å². The predicted octanol–water partition coefficient (Wildman–Crippen LogP) is 0.546. The van der Waals surface area contributed by atoms with Gasteiger partial charge in [-0.05, 0) is 28.6 Å². The molecule has 3 rings (SSSR count). The van der Waals surface area contributed by atoms with Crippen LogP contribution in [0.4, 0.5) is 0 Å². The van der Waals surface area contributed by atoms with E-state index < -0.39 is 5.97 Å². The largest absolute Gasteiger partial charge is 0.476 e. The van der Waals surface area contributed by atoms with E-state index in [1.54, 1.807) is 0 Å². The summed E-state index contributed by atoms with van der Waals surface area (Å²) < 4.78 is 2.79. The molecule has 0 saturated heterocycles. The van der Waals surface area contributed by atoms with Gasteiger partial charge in [0, 0.05) is 6.20 Å². The molecule has 0 fully saturated rings. The summed E-state index contributed by atoms with van der Waals surface area (Å²) in [6.45, 7) is 0. The second-order valence-corrected chi connectivity index (χ2v) is 3.68. The lowest BCUT2D eigenvalue weighted by molar-refractivity contribution is 0.0690. The Morgan fingerprint density at radius 3 is 2.63 bits per heavy atom. The molecule has 0 radical (unpaired) electrons. The molecule has 0 bridgehead atoms. The Bertz CT molecular complexity index is 718. The summed E-state index contributed by atoms with van der Waals surface area (Å²) in [7, 11) is 0. The molecule has 0 spiro atoms. The number of carboxylic acids is 1. The van der Waals surface area contributed by atoms with Gasteiger partial charge in [0.2, 0.25) is 0 Å². The highest BCUT2D eigenvalue weighted by Crippen LogP contribution is 2.10. The van der Waals surface area contributed by atoms with Crippen LogP contribution in [-0.2, 0) is 0 Å². The summed E-state index contributed by atoms with van der Waals surface area (Å²) >= 11 is 0. The third-order valence-electron chi connectivity index (χ3n) is 2.47. The first-order valence-electron chi connectivity index (χ1n) is 5.39. The number of aromatic carboxylic acids is 1. The maximum atomic E-state index is 10.8. The van der Waals surface area contributed by atoms with Crippen LogP contribution in [0.1, 0.15) is 10.5 Å². The topological polar surface area (TPSA) is 98.7 Å². The third-order valence-corrected chi connectivity index (χ3v) is 2.47. The first kappa shape index (κ1) is 11.1.